The average molecular weight is 471 g/mol. The van der Waals surface area contributed by atoms with Gasteiger partial charge in [0.2, 0.25) is 11.8 Å². The van der Waals surface area contributed by atoms with Gasteiger partial charge in [-0.3, -0.25) is 19.3 Å². The number of hydrogen-bond acceptors (Lipinski definition) is 5. The summed E-state index contributed by atoms with van der Waals surface area (Å²) in [4.78, 5) is 44.2. The first-order chi connectivity index (χ1) is 16.6. The predicted octanol–water partition coefficient (Wildman–Crippen LogP) is 2.14. The maximum Gasteiger partial charge on any atom is 0.257 e. The van der Waals surface area contributed by atoms with E-state index >= 15 is 0 Å². The SMILES string of the molecule is COc1ccccc1C(=O)N1CCN(C(C(=O)NCCCN2CCCC2=O)C2CCCC2)CC1. The van der Waals surface area contributed by atoms with E-state index < -0.39 is 0 Å². The van der Waals surface area contributed by atoms with Crippen LogP contribution in [0.2, 0.25) is 0 Å². The maximum absolute atomic E-state index is 13.3. The van der Waals surface area contributed by atoms with E-state index in [-0.39, 0.29) is 23.8 Å². The molecule has 3 aliphatic rings. The van der Waals surface area contributed by atoms with E-state index in [0.717, 1.165) is 38.8 Å². The second-order valence-electron chi connectivity index (χ2n) is 9.65. The number of carbonyl (C=O) groups excluding carboxylic acids is 3. The Balaban J connectivity index is 1.31. The van der Waals surface area contributed by atoms with Gasteiger partial charge in [0, 0.05) is 52.2 Å². The molecule has 0 spiro atoms. The Morgan fingerprint density at radius 2 is 1.79 bits per heavy atom. The fourth-order valence-corrected chi connectivity index (χ4v) is 5.67. The fourth-order valence-electron chi connectivity index (χ4n) is 5.67. The van der Waals surface area contributed by atoms with Crippen LogP contribution < -0.4 is 10.1 Å². The van der Waals surface area contributed by atoms with Crippen molar-refractivity contribution in [3.63, 3.8) is 0 Å². The molecule has 186 valence electrons. The zero-order chi connectivity index (χ0) is 23.9. The molecule has 2 saturated heterocycles. The molecule has 1 aromatic rings. The molecule has 3 amide bonds. The van der Waals surface area contributed by atoms with Gasteiger partial charge < -0.3 is 19.9 Å². The van der Waals surface area contributed by atoms with E-state index in [2.05, 4.69) is 10.2 Å². The number of nitrogens with one attached hydrogen (secondary N) is 1. The molecule has 0 radical (unpaired) electrons. The van der Waals surface area contributed by atoms with Crippen molar-refractivity contribution < 1.29 is 19.1 Å². The Morgan fingerprint density at radius 1 is 1.06 bits per heavy atom. The molecule has 3 fully saturated rings. The Morgan fingerprint density at radius 3 is 2.47 bits per heavy atom. The predicted molar refractivity (Wildman–Crippen MR) is 130 cm³/mol. The molecule has 4 rings (SSSR count). The van der Waals surface area contributed by atoms with Crippen LogP contribution in [0.25, 0.3) is 0 Å². The summed E-state index contributed by atoms with van der Waals surface area (Å²) < 4.78 is 5.37. The van der Waals surface area contributed by atoms with Gasteiger partial charge in [-0.2, -0.15) is 0 Å². The van der Waals surface area contributed by atoms with Crippen LogP contribution in [0.5, 0.6) is 5.75 Å². The highest BCUT2D eigenvalue weighted by Gasteiger charge is 2.37. The molecular weight excluding hydrogens is 432 g/mol. The molecule has 1 saturated carbocycles. The number of hydrogen-bond donors (Lipinski definition) is 1. The summed E-state index contributed by atoms with van der Waals surface area (Å²) in [6.45, 7) is 4.74. The summed E-state index contributed by atoms with van der Waals surface area (Å²) in [6.07, 6.45) is 6.91. The minimum absolute atomic E-state index is 0.0181. The van der Waals surface area contributed by atoms with Gasteiger partial charge in [-0.1, -0.05) is 25.0 Å². The first-order valence-corrected chi connectivity index (χ1v) is 12.8. The third-order valence-corrected chi connectivity index (χ3v) is 7.52. The zero-order valence-electron chi connectivity index (χ0n) is 20.3. The number of para-hydroxylation sites is 1. The van der Waals surface area contributed by atoms with Crippen LogP contribution in [-0.2, 0) is 9.59 Å². The van der Waals surface area contributed by atoms with Gasteiger partial charge in [-0.05, 0) is 43.7 Å². The van der Waals surface area contributed by atoms with E-state index in [4.69, 9.17) is 4.74 Å². The fraction of sp³-hybridized carbons (Fsp3) is 0.654. The molecule has 1 aromatic carbocycles. The summed E-state index contributed by atoms with van der Waals surface area (Å²) >= 11 is 0. The number of rotatable bonds is 9. The van der Waals surface area contributed by atoms with Crippen molar-refractivity contribution >= 4 is 17.7 Å². The van der Waals surface area contributed by atoms with Gasteiger partial charge in [0.25, 0.3) is 5.91 Å². The van der Waals surface area contributed by atoms with E-state index in [1.165, 1.54) is 12.8 Å². The minimum atomic E-state index is -0.139. The number of carbonyl (C=O) groups is 3. The monoisotopic (exact) mass is 470 g/mol. The first kappa shape index (κ1) is 24.5. The summed E-state index contributed by atoms with van der Waals surface area (Å²) in [5.74, 6) is 1.28. The van der Waals surface area contributed by atoms with Crippen LogP contribution >= 0.6 is 0 Å². The van der Waals surface area contributed by atoms with E-state index in [9.17, 15) is 14.4 Å². The highest BCUT2D eigenvalue weighted by molar-refractivity contribution is 5.97. The third-order valence-electron chi connectivity index (χ3n) is 7.52. The average Bonchev–Trinajstić information content (AvgIpc) is 3.54. The van der Waals surface area contributed by atoms with Crippen LogP contribution in [0.1, 0.15) is 55.3 Å². The lowest BCUT2D eigenvalue weighted by molar-refractivity contribution is -0.129. The molecule has 34 heavy (non-hydrogen) atoms. The Hall–Kier alpha value is -2.61. The van der Waals surface area contributed by atoms with Crippen molar-refractivity contribution in [3.8, 4) is 5.75 Å². The van der Waals surface area contributed by atoms with Crippen LogP contribution in [0, 0.1) is 5.92 Å². The largest absolute Gasteiger partial charge is 0.496 e. The molecule has 2 aliphatic heterocycles. The molecule has 2 heterocycles. The van der Waals surface area contributed by atoms with Crippen LogP contribution in [0.4, 0.5) is 0 Å². The topological polar surface area (TPSA) is 82.2 Å². The number of methoxy groups -OCH3 is 1. The summed E-state index contributed by atoms with van der Waals surface area (Å²) in [6, 6.07) is 7.19. The van der Waals surface area contributed by atoms with E-state index in [1.54, 1.807) is 13.2 Å². The summed E-state index contributed by atoms with van der Waals surface area (Å²) in [5, 5.41) is 3.15. The molecule has 0 bridgehead atoms. The lowest BCUT2D eigenvalue weighted by Gasteiger charge is -2.40. The second-order valence-corrected chi connectivity index (χ2v) is 9.65. The van der Waals surface area contributed by atoms with Crippen molar-refractivity contribution in [2.75, 3.05) is 52.9 Å². The van der Waals surface area contributed by atoms with Gasteiger partial charge in [0.15, 0.2) is 0 Å². The van der Waals surface area contributed by atoms with E-state index in [1.807, 2.05) is 28.0 Å². The summed E-state index contributed by atoms with van der Waals surface area (Å²) in [5.41, 5.74) is 0.583. The summed E-state index contributed by atoms with van der Waals surface area (Å²) in [7, 11) is 1.58. The number of amides is 3. The quantitative estimate of drug-likeness (QED) is 0.559. The standard InChI is InChI=1S/C26H38N4O4/c1-34-22-11-5-4-10-21(22)26(33)30-18-16-29(17-19-30)24(20-8-2-3-9-20)25(32)27-13-7-15-28-14-6-12-23(28)31/h4-5,10-11,20,24H,2-3,6-9,12-19H2,1H3,(H,27,32). The van der Waals surface area contributed by atoms with Crippen molar-refractivity contribution in [2.45, 2.75) is 51.0 Å². The van der Waals surface area contributed by atoms with Crippen molar-refractivity contribution in [1.82, 2.24) is 20.0 Å². The Labute approximate surface area is 202 Å². The maximum atomic E-state index is 13.3. The van der Waals surface area contributed by atoms with Crippen molar-refractivity contribution in [1.29, 1.82) is 0 Å². The smallest absolute Gasteiger partial charge is 0.257 e. The van der Waals surface area contributed by atoms with Crippen LogP contribution in [-0.4, -0.2) is 91.4 Å². The normalized spacial score (nSPS) is 20.6. The van der Waals surface area contributed by atoms with E-state index in [0.29, 0.717) is 56.4 Å². The zero-order valence-corrected chi connectivity index (χ0v) is 20.3. The molecule has 1 aliphatic carbocycles. The van der Waals surface area contributed by atoms with Crippen molar-refractivity contribution in [3.05, 3.63) is 29.8 Å². The third kappa shape index (κ3) is 5.71. The number of piperazine rings is 1. The highest BCUT2D eigenvalue weighted by atomic mass is 16.5. The number of ether oxygens (including phenoxy) is 1. The van der Waals surface area contributed by atoms with Gasteiger partial charge in [-0.25, -0.2) is 0 Å². The lowest BCUT2D eigenvalue weighted by atomic mass is 9.95. The molecule has 8 heteroatoms. The van der Waals surface area contributed by atoms with Crippen LogP contribution in [0.3, 0.4) is 0 Å². The molecule has 8 nitrogen and oxygen atoms in total. The molecule has 1 N–H and O–H groups in total. The van der Waals surface area contributed by atoms with Gasteiger partial charge in [-0.15, -0.1) is 0 Å². The van der Waals surface area contributed by atoms with Gasteiger partial charge in [0.1, 0.15) is 5.75 Å². The highest BCUT2D eigenvalue weighted by Crippen LogP contribution is 2.31. The minimum Gasteiger partial charge on any atom is -0.496 e. The number of nitrogens with zero attached hydrogens (tertiary/aromatic N) is 3. The molecule has 1 atom stereocenters. The van der Waals surface area contributed by atoms with Gasteiger partial charge in [0.05, 0.1) is 18.7 Å². The lowest BCUT2D eigenvalue weighted by Crippen LogP contribution is -2.58. The van der Waals surface area contributed by atoms with Gasteiger partial charge >= 0.3 is 0 Å². The Kier molecular flexibility index (Phi) is 8.43. The van der Waals surface area contributed by atoms with Crippen molar-refractivity contribution in [2.24, 2.45) is 5.92 Å². The number of likely N-dealkylation sites (tertiary alicyclic amines) is 1. The van der Waals surface area contributed by atoms with Crippen LogP contribution in [0.15, 0.2) is 24.3 Å². The number of benzene rings is 1. The molecular formula is C26H38N4O4. The molecule has 0 aromatic heterocycles. The Bertz CT molecular complexity index is 862. The molecule has 1 unspecified atom stereocenters. The second kappa shape index (κ2) is 11.7. The first-order valence-electron chi connectivity index (χ1n) is 12.8.